The molecule has 4 rings (SSSR count). The third-order valence-electron chi connectivity index (χ3n) is 4.95. The summed E-state index contributed by atoms with van der Waals surface area (Å²) in [6.07, 6.45) is -0.146. The Morgan fingerprint density at radius 1 is 0.750 bits per heavy atom. The van der Waals surface area contributed by atoms with Gasteiger partial charge in [0.2, 0.25) is 0 Å². The van der Waals surface area contributed by atoms with Crippen molar-refractivity contribution in [2.24, 2.45) is 0 Å². The lowest BCUT2D eigenvalue weighted by atomic mass is 10.1. The number of benzene rings is 3. The van der Waals surface area contributed by atoms with Gasteiger partial charge in [-0.15, -0.1) is 0 Å². The van der Waals surface area contributed by atoms with Gasteiger partial charge in [0.1, 0.15) is 12.4 Å². The molecule has 0 N–H and O–H groups in total. The summed E-state index contributed by atoms with van der Waals surface area (Å²) in [4.78, 5) is 50.0. The van der Waals surface area contributed by atoms with Gasteiger partial charge in [0, 0.05) is 6.54 Å². The van der Waals surface area contributed by atoms with Crippen molar-refractivity contribution < 1.29 is 28.7 Å². The summed E-state index contributed by atoms with van der Waals surface area (Å²) in [7, 11) is 0. The average molecular weight is 429 g/mol. The standard InChI is InChI=1S/C25H19NO6/c27-22(14-15-26-23(28)20-8-4-5-9-21(20)24(26)29)32-19-12-10-18(11-13-19)25(30)31-16-17-6-2-1-3-7-17/h1-13H,14-16H2. The van der Waals surface area contributed by atoms with Crippen molar-refractivity contribution in [3.8, 4) is 5.75 Å². The second-order valence-electron chi connectivity index (χ2n) is 7.12. The molecule has 0 fully saturated rings. The molecule has 0 saturated heterocycles. The summed E-state index contributed by atoms with van der Waals surface area (Å²) in [5.74, 6) is -1.68. The van der Waals surface area contributed by atoms with Crippen LogP contribution in [0.2, 0.25) is 0 Å². The molecule has 0 unspecified atom stereocenters. The molecule has 0 bridgehead atoms. The van der Waals surface area contributed by atoms with Crippen LogP contribution in [0.25, 0.3) is 0 Å². The normalized spacial score (nSPS) is 12.4. The Kier molecular flexibility index (Phi) is 6.07. The van der Waals surface area contributed by atoms with Crippen LogP contribution in [0.4, 0.5) is 0 Å². The van der Waals surface area contributed by atoms with Crippen LogP contribution in [-0.2, 0) is 16.1 Å². The second-order valence-corrected chi connectivity index (χ2v) is 7.12. The predicted molar refractivity (Wildman–Crippen MR) is 114 cm³/mol. The van der Waals surface area contributed by atoms with Gasteiger partial charge in [-0.1, -0.05) is 42.5 Å². The number of ether oxygens (including phenoxy) is 2. The number of hydrogen-bond acceptors (Lipinski definition) is 6. The highest BCUT2D eigenvalue weighted by Gasteiger charge is 2.35. The number of imide groups is 1. The van der Waals surface area contributed by atoms with Crippen molar-refractivity contribution in [3.05, 3.63) is 101 Å². The first kappa shape index (κ1) is 21.0. The molecule has 0 atom stereocenters. The largest absolute Gasteiger partial charge is 0.457 e. The minimum absolute atomic E-state index is 0.0743. The zero-order valence-corrected chi connectivity index (χ0v) is 17.0. The van der Waals surface area contributed by atoms with E-state index in [0.29, 0.717) is 16.7 Å². The van der Waals surface area contributed by atoms with Gasteiger partial charge < -0.3 is 9.47 Å². The summed E-state index contributed by atoms with van der Waals surface area (Å²) >= 11 is 0. The van der Waals surface area contributed by atoms with E-state index in [4.69, 9.17) is 9.47 Å². The summed E-state index contributed by atoms with van der Waals surface area (Å²) < 4.78 is 10.5. The highest BCUT2D eigenvalue weighted by Crippen LogP contribution is 2.22. The molecule has 1 aliphatic rings. The van der Waals surface area contributed by atoms with Crippen LogP contribution in [0, 0.1) is 0 Å². The number of carbonyl (C=O) groups is 4. The molecule has 0 spiro atoms. The van der Waals surface area contributed by atoms with E-state index in [1.165, 1.54) is 24.3 Å². The van der Waals surface area contributed by atoms with Crippen molar-refractivity contribution in [1.82, 2.24) is 4.90 Å². The van der Waals surface area contributed by atoms with Gasteiger partial charge in [-0.3, -0.25) is 19.3 Å². The number of nitrogens with zero attached hydrogens (tertiary/aromatic N) is 1. The number of esters is 2. The van der Waals surface area contributed by atoms with Gasteiger partial charge >= 0.3 is 11.9 Å². The summed E-state index contributed by atoms with van der Waals surface area (Å²) in [5.41, 5.74) is 1.87. The molecule has 2 amide bonds. The highest BCUT2D eigenvalue weighted by molar-refractivity contribution is 6.21. The van der Waals surface area contributed by atoms with Crippen LogP contribution in [0.1, 0.15) is 43.1 Å². The van der Waals surface area contributed by atoms with Gasteiger partial charge in [-0.2, -0.15) is 0 Å². The lowest BCUT2D eigenvalue weighted by Gasteiger charge is -2.13. The van der Waals surface area contributed by atoms with Gasteiger partial charge in [0.05, 0.1) is 23.1 Å². The SMILES string of the molecule is O=C(CCN1C(=O)c2ccccc2C1=O)Oc1ccc(C(=O)OCc2ccccc2)cc1. The molecule has 3 aromatic rings. The maximum absolute atomic E-state index is 12.3. The summed E-state index contributed by atoms with van der Waals surface area (Å²) in [6, 6.07) is 21.8. The zero-order valence-electron chi connectivity index (χ0n) is 17.0. The minimum atomic E-state index is -0.596. The lowest BCUT2D eigenvalue weighted by Crippen LogP contribution is -2.32. The van der Waals surface area contributed by atoms with E-state index in [-0.39, 0.29) is 25.3 Å². The molecule has 0 aliphatic carbocycles. The van der Waals surface area contributed by atoms with Crippen LogP contribution in [0.15, 0.2) is 78.9 Å². The van der Waals surface area contributed by atoms with Gasteiger partial charge in [-0.25, -0.2) is 4.79 Å². The second kappa shape index (κ2) is 9.26. The molecule has 7 nitrogen and oxygen atoms in total. The Labute approximate surface area is 184 Å². The van der Waals surface area contributed by atoms with E-state index in [1.807, 2.05) is 30.3 Å². The first-order valence-corrected chi connectivity index (χ1v) is 10.00. The molecule has 160 valence electrons. The Morgan fingerprint density at radius 3 is 1.97 bits per heavy atom. The Hall–Kier alpha value is -4.26. The maximum atomic E-state index is 12.3. The first-order chi connectivity index (χ1) is 15.5. The fourth-order valence-corrected chi connectivity index (χ4v) is 3.29. The first-order valence-electron chi connectivity index (χ1n) is 10.00. The van der Waals surface area contributed by atoms with E-state index < -0.39 is 23.8 Å². The smallest absolute Gasteiger partial charge is 0.338 e. The lowest BCUT2D eigenvalue weighted by molar-refractivity contribution is -0.134. The average Bonchev–Trinajstić information content (AvgIpc) is 3.07. The summed E-state index contributed by atoms with van der Waals surface area (Å²) in [5, 5.41) is 0. The maximum Gasteiger partial charge on any atom is 0.338 e. The fourth-order valence-electron chi connectivity index (χ4n) is 3.29. The fraction of sp³-hybridized carbons (Fsp3) is 0.120. The van der Waals surface area contributed by atoms with E-state index in [1.54, 1.807) is 24.3 Å². The van der Waals surface area contributed by atoms with Crippen molar-refractivity contribution in [2.75, 3.05) is 6.54 Å². The Morgan fingerprint density at radius 2 is 1.34 bits per heavy atom. The Balaban J connectivity index is 1.27. The van der Waals surface area contributed by atoms with Crippen molar-refractivity contribution >= 4 is 23.8 Å². The molecule has 32 heavy (non-hydrogen) atoms. The van der Waals surface area contributed by atoms with Crippen molar-refractivity contribution in [3.63, 3.8) is 0 Å². The molecule has 3 aromatic carbocycles. The van der Waals surface area contributed by atoms with Gasteiger partial charge in [-0.05, 0) is 42.0 Å². The van der Waals surface area contributed by atoms with Crippen molar-refractivity contribution in [1.29, 1.82) is 0 Å². The number of rotatable bonds is 7. The zero-order chi connectivity index (χ0) is 22.5. The molecule has 1 heterocycles. The van der Waals surface area contributed by atoms with Crippen LogP contribution in [0.3, 0.4) is 0 Å². The van der Waals surface area contributed by atoms with E-state index in [2.05, 4.69) is 0 Å². The molecule has 0 saturated carbocycles. The molecule has 1 aliphatic heterocycles. The topological polar surface area (TPSA) is 90.0 Å². The highest BCUT2D eigenvalue weighted by atomic mass is 16.5. The monoisotopic (exact) mass is 429 g/mol. The third kappa shape index (κ3) is 4.57. The quantitative estimate of drug-likeness (QED) is 0.324. The molecule has 7 heteroatoms. The van der Waals surface area contributed by atoms with E-state index in [9.17, 15) is 19.2 Å². The number of carbonyl (C=O) groups excluding carboxylic acids is 4. The van der Waals surface area contributed by atoms with Crippen LogP contribution >= 0.6 is 0 Å². The number of fused-ring (bicyclic) bond motifs is 1. The van der Waals surface area contributed by atoms with Crippen molar-refractivity contribution in [2.45, 2.75) is 13.0 Å². The minimum Gasteiger partial charge on any atom is -0.457 e. The predicted octanol–water partition coefficient (Wildman–Crippen LogP) is 3.64. The molecule has 0 radical (unpaired) electrons. The van der Waals surface area contributed by atoms with Gasteiger partial charge in [0.25, 0.3) is 11.8 Å². The molecule has 0 aromatic heterocycles. The summed E-state index contributed by atoms with van der Waals surface area (Å²) in [6.45, 7) is 0.0866. The molecular formula is C25H19NO6. The number of hydrogen-bond donors (Lipinski definition) is 0. The van der Waals surface area contributed by atoms with Crippen LogP contribution in [0.5, 0.6) is 5.75 Å². The van der Waals surface area contributed by atoms with E-state index in [0.717, 1.165) is 10.5 Å². The Bertz CT molecular complexity index is 1140. The van der Waals surface area contributed by atoms with E-state index >= 15 is 0 Å². The number of amides is 2. The third-order valence-corrected chi connectivity index (χ3v) is 4.95. The van der Waals surface area contributed by atoms with Crippen LogP contribution in [-0.4, -0.2) is 35.2 Å². The molecular weight excluding hydrogens is 410 g/mol. The van der Waals surface area contributed by atoms with Gasteiger partial charge in [0.15, 0.2) is 0 Å². The van der Waals surface area contributed by atoms with Crippen LogP contribution < -0.4 is 4.74 Å².